The van der Waals surface area contributed by atoms with Gasteiger partial charge in [-0.05, 0) is 37.7 Å². The van der Waals surface area contributed by atoms with Gasteiger partial charge in [-0.1, -0.05) is 0 Å². The van der Waals surface area contributed by atoms with Gasteiger partial charge in [-0.15, -0.1) is 0 Å². The smallest absolute Gasteiger partial charge is 0.123 e. The van der Waals surface area contributed by atoms with Crippen molar-refractivity contribution in [3.05, 3.63) is 23.8 Å². The summed E-state index contributed by atoms with van der Waals surface area (Å²) < 4.78 is 16.0. The summed E-state index contributed by atoms with van der Waals surface area (Å²) in [4.78, 5) is 2.46. The van der Waals surface area contributed by atoms with Crippen molar-refractivity contribution in [1.29, 1.82) is 0 Å². The van der Waals surface area contributed by atoms with Gasteiger partial charge in [0.2, 0.25) is 0 Å². The molecule has 1 aromatic rings. The Labute approximate surface area is 127 Å². The zero-order valence-corrected chi connectivity index (χ0v) is 13.1. The van der Waals surface area contributed by atoms with Crippen molar-refractivity contribution < 1.29 is 14.2 Å². The van der Waals surface area contributed by atoms with E-state index in [2.05, 4.69) is 10.2 Å². The summed E-state index contributed by atoms with van der Waals surface area (Å²) in [6.45, 7) is 6.78. The molecule has 0 saturated carbocycles. The number of ether oxygens (including phenoxy) is 3. The molecule has 118 valence electrons. The van der Waals surface area contributed by atoms with Gasteiger partial charge in [0.05, 0.1) is 27.4 Å². The van der Waals surface area contributed by atoms with Crippen molar-refractivity contribution >= 4 is 0 Å². The lowest BCUT2D eigenvalue weighted by molar-refractivity contribution is 0.0374. The highest BCUT2D eigenvalue weighted by Gasteiger charge is 2.09. The Morgan fingerprint density at radius 1 is 1.19 bits per heavy atom. The Morgan fingerprint density at radius 2 is 2.00 bits per heavy atom. The minimum absolute atomic E-state index is 0.795. The first-order valence-corrected chi connectivity index (χ1v) is 7.55. The molecule has 0 radical (unpaired) electrons. The molecule has 1 N–H and O–H groups in total. The zero-order chi connectivity index (χ0) is 14.9. The molecule has 0 bridgehead atoms. The van der Waals surface area contributed by atoms with E-state index >= 15 is 0 Å². The molecule has 0 unspecified atom stereocenters. The van der Waals surface area contributed by atoms with Crippen LogP contribution in [0.3, 0.4) is 0 Å². The summed E-state index contributed by atoms with van der Waals surface area (Å²) >= 11 is 0. The van der Waals surface area contributed by atoms with Gasteiger partial charge in [-0.2, -0.15) is 0 Å². The van der Waals surface area contributed by atoms with E-state index in [-0.39, 0.29) is 0 Å². The molecule has 1 fully saturated rings. The van der Waals surface area contributed by atoms with E-state index in [4.69, 9.17) is 14.2 Å². The fourth-order valence-electron chi connectivity index (χ4n) is 2.50. The van der Waals surface area contributed by atoms with E-state index in [1.807, 2.05) is 18.2 Å². The molecule has 1 aromatic carbocycles. The van der Waals surface area contributed by atoms with Crippen LogP contribution in [0.4, 0.5) is 0 Å². The van der Waals surface area contributed by atoms with Crippen molar-refractivity contribution in [2.24, 2.45) is 0 Å². The zero-order valence-electron chi connectivity index (χ0n) is 13.1. The maximum Gasteiger partial charge on any atom is 0.123 e. The molecule has 21 heavy (non-hydrogen) atoms. The summed E-state index contributed by atoms with van der Waals surface area (Å²) in [5, 5.41) is 3.47. The number of benzene rings is 1. The van der Waals surface area contributed by atoms with E-state index in [0.29, 0.717) is 0 Å². The number of nitrogens with zero attached hydrogens (tertiary/aromatic N) is 1. The Morgan fingerprint density at radius 3 is 2.71 bits per heavy atom. The van der Waals surface area contributed by atoms with Crippen molar-refractivity contribution in [3.8, 4) is 11.5 Å². The first-order chi connectivity index (χ1) is 10.3. The maximum absolute atomic E-state index is 5.38. The Hall–Kier alpha value is -1.30. The van der Waals surface area contributed by atoms with Crippen LogP contribution in [-0.4, -0.2) is 58.5 Å². The number of methoxy groups -OCH3 is 2. The molecular weight excluding hydrogens is 268 g/mol. The molecule has 1 saturated heterocycles. The second-order valence-electron chi connectivity index (χ2n) is 5.16. The van der Waals surface area contributed by atoms with E-state index in [1.54, 1.807) is 14.2 Å². The summed E-state index contributed by atoms with van der Waals surface area (Å²) in [7, 11) is 3.38. The molecule has 5 heteroatoms. The van der Waals surface area contributed by atoms with Crippen LogP contribution in [0.5, 0.6) is 11.5 Å². The van der Waals surface area contributed by atoms with Crippen LogP contribution >= 0.6 is 0 Å². The highest BCUT2D eigenvalue weighted by atomic mass is 16.5. The topological polar surface area (TPSA) is 43.0 Å². The first-order valence-electron chi connectivity index (χ1n) is 7.55. The number of hydrogen-bond acceptors (Lipinski definition) is 5. The van der Waals surface area contributed by atoms with Crippen LogP contribution in [0.1, 0.15) is 12.0 Å². The Bertz CT molecular complexity index is 420. The highest BCUT2D eigenvalue weighted by molar-refractivity contribution is 5.40. The third-order valence-electron chi connectivity index (χ3n) is 3.73. The lowest BCUT2D eigenvalue weighted by atomic mass is 10.2. The van der Waals surface area contributed by atoms with Gasteiger partial charge in [0.25, 0.3) is 0 Å². The molecule has 0 aliphatic carbocycles. The number of nitrogens with one attached hydrogen (secondary N) is 1. The van der Waals surface area contributed by atoms with Crippen LogP contribution < -0.4 is 14.8 Å². The minimum atomic E-state index is 0.795. The number of rotatable bonds is 8. The van der Waals surface area contributed by atoms with Crippen molar-refractivity contribution in [2.45, 2.75) is 13.0 Å². The summed E-state index contributed by atoms with van der Waals surface area (Å²) in [5.74, 6) is 1.76. The summed E-state index contributed by atoms with van der Waals surface area (Å²) in [5.41, 5.74) is 1.13. The number of hydrogen-bond donors (Lipinski definition) is 1. The highest BCUT2D eigenvalue weighted by Crippen LogP contribution is 2.23. The van der Waals surface area contributed by atoms with Gasteiger partial charge >= 0.3 is 0 Å². The van der Waals surface area contributed by atoms with Crippen molar-refractivity contribution in [1.82, 2.24) is 10.2 Å². The van der Waals surface area contributed by atoms with Crippen LogP contribution in [0.25, 0.3) is 0 Å². The second-order valence-corrected chi connectivity index (χ2v) is 5.16. The molecular formula is C16H26N2O3. The van der Waals surface area contributed by atoms with Crippen molar-refractivity contribution in [2.75, 3.05) is 53.6 Å². The molecule has 5 nitrogen and oxygen atoms in total. The molecule has 1 heterocycles. The molecule has 1 aliphatic heterocycles. The Kier molecular flexibility index (Phi) is 6.79. The van der Waals surface area contributed by atoms with Crippen LogP contribution in [0, 0.1) is 0 Å². The molecule has 0 aromatic heterocycles. The van der Waals surface area contributed by atoms with Gasteiger partial charge in [0, 0.05) is 25.2 Å². The molecule has 0 spiro atoms. The lowest BCUT2D eigenvalue weighted by Crippen LogP contribution is -2.37. The van der Waals surface area contributed by atoms with E-state index < -0.39 is 0 Å². The SMILES string of the molecule is COc1ccc(OC)c(CNCCCN2CCOCC2)c1. The van der Waals surface area contributed by atoms with Gasteiger partial charge < -0.3 is 19.5 Å². The fourth-order valence-corrected chi connectivity index (χ4v) is 2.50. The lowest BCUT2D eigenvalue weighted by Gasteiger charge is -2.26. The van der Waals surface area contributed by atoms with Crippen LogP contribution in [0.2, 0.25) is 0 Å². The normalized spacial score (nSPS) is 15.9. The van der Waals surface area contributed by atoms with Crippen LogP contribution in [-0.2, 0) is 11.3 Å². The summed E-state index contributed by atoms with van der Waals surface area (Å²) in [6, 6.07) is 5.89. The van der Waals surface area contributed by atoms with Crippen molar-refractivity contribution in [3.63, 3.8) is 0 Å². The van der Waals surface area contributed by atoms with Gasteiger partial charge in [-0.3, -0.25) is 4.90 Å². The van der Waals surface area contributed by atoms with Gasteiger partial charge in [-0.25, -0.2) is 0 Å². The van der Waals surface area contributed by atoms with Crippen LogP contribution in [0.15, 0.2) is 18.2 Å². The van der Waals surface area contributed by atoms with Gasteiger partial charge in [0.1, 0.15) is 11.5 Å². The standard InChI is InChI=1S/C16H26N2O3/c1-19-15-4-5-16(20-2)14(12-15)13-17-6-3-7-18-8-10-21-11-9-18/h4-5,12,17H,3,6-11,13H2,1-2H3. The maximum atomic E-state index is 5.38. The predicted octanol–water partition coefficient (Wildman–Crippen LogP) is 1.52. The monoisotopic (exact) mass is 294 g/mol. The average molecular weight is 294 g/mol. The quantitative estimate of drug-likeness (QED) is 0.736. The molecule has 0 atom stereocenters. The predicted molar refractivity (Wildman–Crippen MR) is 83.1 cm³/mol. The third kappa shape index (κ3) is 5.19. The third-order valence-corrected chi connectivity index (χ3v) is 3.73. The van der Waals surface area contributed by atoms with E-state index in [9.17, 15) is 0 Å². The number of morpholine rings is 1. The second kappa shape index (κ2) is 8.87. The van der Waals surface area contributed by atoms with E-state index in [0.717, 1.165) is 69.4 Å². The first kappa shape index (κ1) is 16.1. The summed E-state index contributed by atoms with van der Waals surface area (Å²) in [6.07, 6.45) is 1.15. The van der Waals surface area contributed by atoms with Gasteiger partial charge in [0.15, 0.2) is 0 Å². The molecule has 1 aliphatic rings. The largest absolute Gasteiger partial charge is 0.497 e. The fraction of sp³-hybridized carbons (Fsp3) is 0.625. The average Bonchev–Trinajstić information content (AvgIpc) is 2.55. The minimum Gasteiger partial charge on any atom is -0.497 e. The van der Waals surface area contributed by atoms with E-state index in [1.165, 1.54) is 0 Å². The molecule has 0 amide bonds. The molecule has 2 rings (SSSR count). The Balaban J connectivity index is 1.70.